The Morgan fingerprint density at radius 2 is 2.06 bits per heavy atom. The van der Waals surface area contributed by atoms with E-state index >= 15 is 0 Å². The molecule has 18 heavy (non-hydrogen) atoms. The molecule has 0 bridgehead atoms. The van der Waals surface area contributed by atoms with Gasteiger partial charge in [0.2, 0.25) is 5.28 Å². The van der Waals surface area contributed by atoms with E-state index < -0.39 is 0 Å². The van der Waals surface area contributed by atoms with E-state index in [0.717, 1.165) is 34.6 Å². The van der Waals surface area contributed by atoms with Gasteiger partial charge < -0.3 is 9.64 Å². The first kappa shape index (κ1) is 12.9. The molecule has 2 aromatic rings. The molecular weight excluding hydrogens is 250 g/mol. The van der Waals surface area contributed by atoms with Gasteiger partial charge >= 0.3 is 0 Å². The molecule has 0 amide bonds. The minimum atomic E-state index is 0.270. The van der Waals surface area contributed by atoms with Crippen molar-refractivity contribution in [2.24, 2.45) is 0 Å². The highest BCUT2D eigenvalue weighted by Gasteiger charge is 2.13. The summed E-state index contributed by atoms with van der Waals surface area (Å²) in [6.07, 6.45) is 0. The van der Waals surface area contributed by atoms with Crippen LogP contribution < -0.4 is 9.64 Å². The topological polar surface area (TPSA) is 38.2 Å². The molecule has 4 nitrogen and oxygen atoms in total. The molecule has 0 spiro atoms. The SMILES string of the molecule is CCN(C)c1nc(Cl)nc2c(C)cc(OC)cc12. The molecular formula is C13H16ClN3O. The molecule has 2 rings (SSSR count). The van der Waals surface area contributed by atoms with Gasteiger partial charge in [0.25, 0.3) is 0 Å². The lowest BCUT2D eigenvalue weighted by molar-refractivity contribution is 0.415. The van der Waals surface area contributed by atoms with Crippen molar-refractivity contribution in [1.82, 2.24) is 9.97 Å². The third-order valence-electron chi connectivity index (χ3n) is 2.99. The number of hydrogen-bond acceptors (Lipinski definition) is 4. The van der Waals surface area contributed by atoms with Crippen LogP contribution in [0.4, 0.5) is 5.82 Å². The molecule has 0 saturated carbocycles. The summed E-state index contributed by atoms with van der Waals surface area (Å²) in [5, 5.41) is 1.23. The van der Waals surface area contributed by atoms with Crippen molar-refractivity contribution < 1.29 is 4.74 Å². The Labute approximate surface area is 112 Å². The molecule has 0 unspecified atom stereocenters. The van der Waals surface area contributed by atoms with Gasteiger partial charge in [0.1, 0.15) is 11.6 Å². The number of fused-ring (bicyclic) bond motifs is 1. The van der Waals surface area contributed by atoms with E-state index in [4.69, 9.17) is 16.3 Å². The van der Waals surface area contributed by atoms with Crippen LogP contribution in [0.15, 0.2) is 12.1 Å². The minimum absolute atomic E-state index is 0.270. The van der Waals surface area contributed by atoms with Gasteiger partial charge in [0, 0.05) is 19.0 Å². The van der Waals surface area contributed by atoms with Gasteiger partial charge in [0.05, 0.1) is 12.6 Å². The average Bonchev–Trinajstić information content (AvgIpc) is 2.37. The van der Waals surface area contributed by atoms with Crippen molar-refractivity contribution in [1.29, 1.82) is 0 Å². The number of methoxy groups -OCH3 is 1. The van der Waals surface area contributed by atoms with E-state index in [0.29, 0.717) is 0 Å². The molecule has 0 fully saturated rings. The Kier molecular flexibility index (Phi) is 3.57. The lowest BCUT2D eigenvalue weighted by Gasteiger charge is -2.18. The minimum Gasteiger partial charge on any atom is -0.497 e. The molecule has 0 radical (unpaired) electrons. The van der Waals surface area contributed by atoms with E-state index in [9.17, 15) is 0 Å². The van der Waals surface area contributed by atoms with Crippen molar-refractivity contribution in [3.05, 3.63) is 23.0 Å². The van der Waals surface area contributed by atoms with Crippen molar-refractivity contribution in [2.75, 3.05) is 25.6 Å². The highest BCUT2D eigenvalue weighted by Crippen LogP contribution is 2.30. The van der Waals surface area contributed by atoms with Crippen molar-refractivity contribution in [3.63, 3.8) is 0 Å². The molecule has 0 aliphatic heterocycles. The summed E-state index contributed by atoms with van der Waals surface area (Å²) in [5.74, 6) is 1.63. The smallest absolute Gasteiger partial charge is 0.224 e. The van der Waals surface area contributed by atoms with Crippen molar-refractivity contribution >= 4 is 28.3 Å². The van der Waals surface area contributed by atoms with E-state index in [1.54, 1.807) is 7.11 Å². The Morgan fingerprint density at radius 1 is 1.33 bits per heavy atom. The lowest BCUT2D eigenvalue weighted by Crippen LogP contribution is -2.18. The van der Waals surface area contributed by atoms with Crippen LogP contribution in [0.25, 0.3) is 10.9 Å². The fraction of sp³-hybridized carbons (Fsp3) is 0.385. The van der Waals surface area contributed by atoms with Crippen LogP contribution in [0.2, 0.25) is 5.28 Å². The second-order valence-corrected chi connectivity index (χ2v) is 4.51. The zero-order chi connectivity index (χ0) is 13.3. The van der Waals surface area contributed by atoms with Crippen LogP contribution in [0.5, 0.6) is 5.75 Å². The van der Waals surface area contributed by atoms with Crippen LogP contribution >= 0.6 is 11.6 Å². The third kappa shape index (κ3) is 2.20. The predicted octanol–water partition coefficient (Wildman–Crippen LogP) is 3.06. The number of rotatable bonds is 3. The standard InChI is InChI=1S/C13H16ClN3O/c1-5-17(3)12-10-7-9(18-4)6-8(2)11(10)15-13(14)16-12/h6-7H,5H2,1-4H3. The monoisotopic (exact) mass is 265 g/mol. The second kappa shape index (κ2) is 4.98. The Balaban J connectivity index is 2.79. The van der Waals surface area contributed by atoms with E-state index in [2.05, 4.69) is 16.9 Å². The van der Waals surface area contributed by atoms with Gasteiger partial charge in [-0.2, -0.15) is 4.98 Å². The zero-order valence-corrected chi connectivity index (χ0v) is 11.7. The molecule has 1 aromatic carbocycles. The highest BCUT2D eigenvalue weighted by molar-refractivity contribution is 6.28. The first-order valence-corrected chi connectivity index (χ1v) is 6.17. The number of anilines is 1. The zero-order valence-electron chi connectivity index (χ0n) is 11.0. The number of ether oxygens (including phenoxy) is 1. The summed E-state index contributed by atoms with van der Waals surface area (Å²) in [5.41, 5.74) is 1.89. The van der Waals surface area contributed by atoms with Gasteiger partial charge in [-0.05, 0) is 43.1 Å². The quantitative estimate of drug-likeness (QED) is 0.800. The number of aromatic nitrogens is 2. The largest absolute Gasteiger partial charge is 0.497 e. The average molecular weight is 266 g/mol. The van der Waals surface area contributed by atoms with Crippen molar-refractivity contribution in [3.8, 4) is 5.75 Å². The van der Waals surface area contributed by atoms with Crippen LogP contribution in [-0.2, 0) is 0 Å². The predicted molar refractivity (Wildman–Crippen MR) is 74.8 cm³/mol. The molecule has 0 aliphatic carbocycles. The number of aryl methyl sites for hydroxylation is 1. The van der Waals surface area contributed by atoms with Crippen molar-refractivity contribution in [2.45, 2.75) is 13.8 Å². The normalized spacial score (nSPS) is 10.7. The Bertz CT molecular complexity index is 586. The van der Waals surface area contributed by atoms with E-state index in [-0.39, 0.29) is 5.28 Å². The molecule has 5 heteroatoms. The maximum atomic E-state index is 5.99. The van der Waals surface area contributed by atoms with Crippen LogP contribution in [0, 0.1) is 6.92 Å². The van der Waals surface area contributed by atoms with Gasteiger partial charge in [-0.15, -0.1) is 0 Å². The van der Waals surface area contributed by atoms with E-state index in [1.807, 2.05) is 31.0 Å². The number of benzene rings is 1. The Morgan fingerprint density at radius 3 is 2.67 bits per heavy atom. The summed E-state index contributed by atoms with van der Waals surface area (Å²) < 4.78 is 5.29. The fourth-order valence-electron chi connectivity index (χ4n) is 1.89. The van der Waals surface area contributed by atoms with Gasteiger partial charge in [-0.3, -0.25) is 0 Å². The summed E-state index contributed by atoms with van der Waals surface area (Å²) in [6.45, 7) is 4.90. The number of halogens is 1. The molecule has 0 N–H and O–H groups in total. The first-order valence-electron chi connectivity index (χ1n) is 5.79. The van der Waals surface area contributed by atoms with Crippen LogP contribution in [0.1, 0.15) is 12.5 Å². The molecule has 0 atom stereocenters. The summed E-state index contributed by atoms with van der Waals surface area (Å²) in [4.78, 5) is 10.6. The Hall–Kier alpha value is -1.55. The third-order valence-corrected chi connectivity index (χ3v) is 3.16. The number of nitrogens with zero attached hydrogens (tertiary/aromatic N) is 3. The lowest BCUT2D eigenvalue weighted by atomic mass is 10.1. The van der Waals surface area contributed by atoms with Gasteiger partial charge in [0.15, 0.2) is 0 Å². The summed E-state index contributed by atoms with van der Waals surface area (Å²) >= 11 is 5.99. The second-order valence-electron chi connectivity index (χ2n) is 4.17. The molecule has 0 aliphatic rings. The molecule has 0 saturated heterocycles. The molecule has 96 valence electrons. The maximum absolute atomic E-state index is 5.99. The van der Waals surface area contributed by atoms with Crippen LogP contribution in [0.3, 0.4) is 0 Å². The fourth-order valence-corrected chi connectivity index (χ4v) is 2.05. The number of hydrogen-bond donors (Lipinski definition) is 0. The maximum Gasteiger partial charge on any atom is 0.224 e. The summed E-state index contributed by atoms with van der Waals surface area (Å²) in [6, 6.07) is 3.89. The highest BCUT2D eigenvalue weighted by atomic mass is 35.5. The molecule has 1 heterocycles. The first-order chi connectivity index (χ1) is 8.56. The van der Waals surface area contributed by atoms with E-state index in [1.165, 1.54) is 0 Å². The molecule has 1 aromatic heterocycles. The van der Waals surface area contributed by atoms with Gasteiger partial charge in [-0.1, -0.05) is 0 Å². The van der Waals surface area contributed by atoms with Crippen LogP contribution in [-0.4, -0.2) is 30.7 Å². The van der Waals surface area contributed by atoms with Gasteiger partial charge in [-0.25, -0.2) is 4.98 Å². The summed E-state index contributed by atoms with van der Waals surface area (Å²) in [7, 11) is 3.63.